The van der Waals surface area contributed by atoms with E-state index in [4.69, 9.17) is 0 Å². The maximum Gasteiger partial charge on any atom is 0.341 e. The molecule has 1 aromatic heterocycles. The van der Waals surface area contributed by atoms with Gasteiger partial charge in [0, 0.05) is 12.7 Å². The summed E-state index contributed by atoms with van der Waals surface area (Å²) in [4.78, 5) is 23.9. The quantitative estimate of drug-likeness (QED) is 0.902. The van der Waals surface area contributed by atoms with E-state index < -0.39 is 11.5 Å². The van der Waals surface area contributed by atoms with Gasteiger partial charge in [-0.25, -0.2) is 4.79 Å². The predicted octanol–water partition coefficient (Wildman–Crippen LogP) is 1.66. The van der Waals surface area contributed by atoms with Gasteiger partial charge in [-0.15, -0.1) is 12.4 Å². The molecule has 1 aromatic carbocycles. The van der Waals surface area contributed by atoms with Crippen LogP contribution in [0.3, 0.4) is 0 Å². The second-order valence-electron chi connectivity index (χ2n) is 5.16. The summed E-state index contributed by atoms with van der Waals surface area (Å²) in [6.45, 7) is 1.69. The Balaban J connectivity index is 0.00000176. The van der Waals surface area contributed by atoms with Gasteiger partial charge in [0.1, 0.15) is 5.56 Å². The fourth-order valence-electron chi connectivity index (χ4n) is 2.75. The molecule has 116 valence electrons. The third kappa shape index (κ3) is 3.05. The number of carboxylic acids is 1. The van der Waals surface area contributed by atoms with Crippen LogP contribution in [-0.2, 0) is 19.5 Å². The number of carbonyl (C=O) groups is 1. The molecule has 0 atom stereocenters. The Morgan fingerprint density at radius 1 is 1.27 bits per heavy atom. The van der Waals surface area contributed by atoms with Gasteiger partial charge in [0.25, 0.3) is 5.56 Å². The summed E-state index contributed by atoms with van der Waals surface area (Å²) in [5.41, 5.74) is 2.04. The SMILES string of the molecule is Cl.O=C(O)c1c2c(cn(Cc3ccccc3)c1=O)CNCC2. The summed E-state index contributed by atoms with van der Waals surface area (Å²) in [7, 11) is 0. The van der Waals surface area contributed by atoms with Crippen LogP contribution in [0.1, 0.15) is 27.0 Å². The van der Waals surface area contributed by atoms with Crippen LogP contribution in [0.15, 0.2) is 41.3 Å². The minimum atomic E-state index is -1.14. The van der Waals surface area contributed by atoms with Crippen molar-refractivity contribution in [1.82, 2.24) is 9.88 Å². The van der Waals surface area contributed by atoms with Gasteiger partial charge < -0.3 is 15.0 Å². The van der Waals surface area contributed by atoms with Crippen molar-refractivity contribution in [1.29, 1.82) is 0 Å². The lowest BCUT2D eigenvalue weighted by Gasteiger charge is -2.20. The highest BCUT2D eigenvalue weighted by molar-refractivity contribution is 5.89. The van der Waals surface area contributed by atoms with E-state index in [1.807, 2.05) is 30.3 Å². The number of pyridine rings is 1. The summed E-state index contributed by atoms with van der Waals surface area (Å²) in [6.07, 6.45) is 2.36. The normalized spacial score (nSPS) is 13.1. The highest BCUT2D eigenvalue weighted by Gasteiger charge is 2.22. The van der Waals surface area contributed by atoms with Crippen molar-refractivity contribution in [3.8, 4) is 0 Å². The molecule has 22 heavy (non-hydrogen) atoms. The fourth-order valence-corrected chi connectivity index (χ4v) is 2.75. The minimum absolute atomic E-state index is 0. The van der Waals surface area contributed by atoms with Crippen LogP contribution in [0.25, 0.3) is 0 Å². The van der Waals surface area contributed by atoms with Crippen LogP contribution in [0.2, 0.25) is 0 Å². The lowest BCUT2D eigenvalue weighted by molar-refractivity contribution is 0.0692. The number of nitrogens with one attached hydrogen (secondary N) is 1. The van der Waals surface area contributed by atoms with Crippen molar-refractivity contribution in [3.63, 3.8) is 0 Å². The summed E-state index contributed by atoms with van der Waals surface area (Å²) in [5, 5.41) is 12.6. The Morgan fingerprint density at radius 3 is 2.68 bits per heavy atom. The molecule has 6 heteroatoms. The monoisotopic (exact) mass is 320 g/mol. The van der Waals surface area contributed by atoms with Gasteiger partial charge in [0.15, 0.2) is 0 Å². The van der Waals surface area contributed by atoms with Crippen LogP contribution in [-0.4, -0.2) is 22.2 Å². The van der Waals surface area contributed by atoms with E-state index in [2.05, 4.69) is 5.32 Å². The molecule has 1 aliphatic rings. The smallest absolute Gasteiger partial charge is 0.341 e. The standard InChI is InChI=1S/C16H16N2O3.ClH/c19-15-14(16(20)21)13-6-7-17-8-12(13)10-18(15)9-11-4-2-1-3-5-11;/h1-5,10,17H,6-9H2,(H,20,21);1H. The van der Waals surface area contributed by atoms with E-state index in [1.165, 1.54) is 4.57 Å². The zero-order chi connectivity index (χ0) is 14.8. The van der Waals surface area contributed by atoms with Gasteiger partial charge in [0.2, 0.25) is 0 Å². The fraction of sp³-hybridized carbons (Fsp3) is 0.250. The van der Waals surface area contributed by atoms with E-state index in [0.29, 0.717) is 31.6 Å². The van der Waals surface area contributed by atoms with Crippen LogP contribution in [0.5, 0.6) is 0 Å². The Bertz CT molecular complexity index is 741. The Kier molecular flexibility index (Phi) is 5.00. The van der Waals surface area contributed by atoms with E-state index >= 15 is 0 Å². The number of fused-ring (bicyclic) bond motifs is 1. The molecular formula is C16H17ClN2O3. The number of nitrogens with zero attached hydrogens (tertiary/aromatic N) is 1. The molecule has 0 radical (unpaired) electrons. The van der Waals surface area contributed by atoms with E-state index in [-0.39, 0.29) is 18.0 Å². The van der Waals surface area contributed by atoms with Crippen LogP contribution in [0.4, 0.5) is 0 Å². The summed E-state index contributed by atoms with van der Waals surface area (Å²) in [5.74, 6) is -1.14. The lowest BCUT2D eigenvalue weighted by atomic mass is 9.97. The number of aromatic nitrogens is 1. The molecule has 0 unspecified atom stereocenters. The van der Waals surface area contributed by atoms with Gasteiger partial charge in [-0.05, 0) is 29.7 Å². The zero-order valence-corrected chi connectivity index (χ0v) is 12.7. The van der Waals surface area contributed by atoms with Crippen molar-refractivity contribution in [2.24, 2.45) is 0 Å². The molecule has 3 rings (SSSR count). The summed E-state index contributed by atoms with van der Waals surface area (Å²) < 4.78 is 1.49. The van der Waals surface area contributed by atoms with Crippen LogP contribution in [0, 0.1) is 0 Å². The highest BCUT2D eigenvalue weighted by atomic mass is 35.5. The molecule has 2 heterocycles. The molecule has 0 spiro atoms. The van der Waals surface area contributed by atoms with E-state index in [0.717, 1.165) is 11.1 Å². The number of rotatable bonds is 3. The maximum atomic E-state index is 12.4. The largest absolute Gasteiger partial charge is 0.477 e. The van der Waals surface area contributed by atoms with Gasteiger partial charge in [0.05, 0.1) is 6.54 Å². The minimum Gasteiger partial charge on any atom is -0.477 e. The molecule has 0 amide bonds. The Morgan fingerprint density at radius 2 is 2.00 bits per heavy atom. The van der Waals surface area contributed by atoms with Crippen molar-refractivity contribution >= 4 is 18.4 Å². The molecule has 2 N–H and O–H groups in total. The second kappa shape index (κ2) is 6.77. The third-order valence-corrected chi connectivity index (χ3v) is 3.75. The number of aromatic carboxylic acids is 1. The van der Waals surface area contributed by atoms with E-state index in [9.17, 15) is 14.7 Å². The van der Waals surface area contributed by atoms with Gasteiger partial charge in [-0.1, -0.05) is 30.3 Å². The van der Waals surface area contributed by atoms with Crippen molar-refractivity contribution < 1.29 is 9.90 Å². The first-order valence-corrected chi connectivity index (χ1v) is 6.90. The van der Waals surface area contributed by atoms with Crippen molar-refractivity contribution in [3.05, 3.63) is 69.1 Å². The molecule has 0 saturated heterocycles. The predicted molar refractivity (Wildman–Crippen MR) is 85.9 cm³/mol. The van der Waals surface area contributed by atoms with Gasteiger partial charge in [-0.2, -0.15) is 0 Å². The molecule has 5 nitrogen and oxygen atoms in total. The summed E-state index contributed by atoms with van der Waals surface area (Å²) >= 11 is 0. The topological polar surface area (TPSA) is 71.3 Å². The number of benzene rings is 1. The molecular weight excluding hydrogens is 304 g/mol. The Hall–Kier alpha value is -2.11. The molecule has 1 aliphatic heterocycles. The van der Waals surface area contributed by atoms with Crippen LogP contribution >= 0.6 is 12.4 Å². The average Bonchev–Trinajstić information content (AvgIpc) is 2.49. The number of carboxylic acid groups (broad SMARTS) is 1. The molecule has 0 saturated carbocycles. The molecule has 2 aromatic rings. The molecule has 0 bridgehead atoms. The zero-order valence-electron chi connectivity index (χ0n) is 11.9. The lowest BCUT2D eigenvalue weighted by Crippen LogP contribution is -2.34. The van der Waals surface area contributed by atoms with Gasteiger partial charge in [-0.3, -0.25) is 4.79 Å². The number of halogens is 1. The number of hydrogen-bond acceptors (Lipinski definition) is 3. The van der Waals surface area contributed by atoms with E-state index in [1.54, 1.807) is 6.20 Å². The first kappa shape index (κ1) is 16.3. The van der Waals surface area contributed by atoms with Crippen molar-refractivity contribution in [2.75, 3.05) is 6.54 Å². The first-order valence-electron chi connectivity index (χ1n) is 6.90. The maximum absolute atomic E-state index is 12.4. The van der Waals surface area contributed by atoms with Crippen molar-refractivity contribution in [2.45, 2.75) is 19.5 Å². The second-order valence-corrected chi connectivity index (χ2v) is 5.16. The Labute approximate surface area is 134 Å². The van der Waals surface area contributed by atoms with Crippen LogP contribution < -0.4 is 10.9 Å². The highest BCUT2D eigenvalue weighted by Crippen LogP contribution is 2.16. The summed E-state index contributed by atoms with van der Waals surface area (Å²) in [6, 6.07) is 9.55. The number of hydrogen-bond donors (Lipinski definition) is 2. The van der Waals surface area contributed by atoms with Gasteiger partial charge >= 0.3 is 5.97 Å². The first-order chi connectivity index (χ1) is 10.2. The molecule has 0 fully saturated rings. The third-order valence-electron chi connectivity index (χ3n) is 3.75. The molecule has 0 aliphatic carbocycles. The average molecular weight is 321 g/mol.